The van der Waals surface area contributed by atoms with Gasteiger partial charge in [0.25, 0.3) is 5.91 Å². The summed E-state index contributed by atoms with van der Waals surface area (Å²) in [5, 5.41) is 2.98. The molecule has 1 aliphatic heterocycles. The molecule has 1 N–H and O–H groups in total. The van der Waals surface area contributed by atoms with E-state index in [1.807, 2.05) is 48.4 Å². The minimum absolute atomic E-state index is 0.0540. The summed E-state index contributed by atoms with van der Waals surface area (Å²) >= 11 is 1.70. The molecule has 178 valence electrons. The monoisotopic (exact) mass is 468 g/mol. The zero-order valence-electron chi connectivity index (χ0n) is 19.8. The summed E-state index contributed by atoms with van der Waals surface area (Å²) < 4.78 is 5.52. The number of hydrogen-bond acceptors (Lipinski definition) is 4. The number of carbonyl (C=O) groups is 2. The van der Waals surface area contributed by atoms with E-state index in [-0.39, 0.29) is 11.8 Å². The maximum Gasteiger partial charge on any atom is 0.251 e. The average Bonchev–Trinajstić information content (AvgIpc) is 2.86. The Morgan fingerprint density at radius 3 is 2.42 bits per heavy atom. The summed E-state index contributed by atoms with van der Waals surface area (Å²) in [6.45, 7) is 4.21. The highest BCUT2D eigenvalue weighted by Crippen LogP contribution is 2.24. The van der Waals surface area contributed by atoms with Gasteiger partial charge in [-0.1, -0.05) is 30.3 Å². The first-order valence-corrected chi connectivity index (χ1v) is 13.4. The minimum atomic E-state index is -0.467. The third-order valence-corrected chi connectivity index (χ3v) is 6.90. The van der Waals surface area contributed by atoms with Crippen LogP contribution in [-0.2, 0) is 11.2 Å². The lowest BCUT2D eigenvalue weighted by atomic mass is 9.90. The van der Waals surface area contributed by atoms with Gasteiger partial charge >= 0.3 is 0 Å². The molecule has 1 unspecified atom stereocenters. The fraction of sp³-hybridized carbons (Fsp3) is 0.481. The van der Waals surface area contributed by atoms with Crippen molar-refractivity contribution in [1.82, 2.24) is 10.2 Å². The Balaban J connectivity index is 1.48. The molecular formula is C27H36N2O3S. The van der Waals surface area contributed by atoms with Crippen LogP contribution in [0.3, 0.4) is 0 Å². The standard InChI is InChI=1S/C27H36N2O3S/c1-3-32-24-13-11-21(12-14-24)9-10-22-15-18-29(19-16-22)27(31)25(17-20-33-2)28-26(30)23-7-5-4-6-8-23/h4-8,11-14,22,25H,3,9-10,15-20H2,1-2H3,(H,28,30). The molecule has 3 rings (SSSR count). The molecular weight excluding hydrogens is 432 g/mol. The molecule has 0 spiro atoms. The second kappa shape index (κ2) is 13.3. The van der Waals surface area contributed by atoms with E-state index in [0.29, 0.717) is 24.5 Å². The number of piperidine rings is 1. The number of benzene rings is 2. The highest BCUT2D eigenvalue weighted by Gasteiger charge is 2.29. The first-order valence-electron chi connectivity index (χ1n) is 12.0. The van der Waals surface area contributed by atoms with Crippen LogP contribution >= 0.6 is 11.8 Å². The number of nitrogens with one attached hydrogen (secondary N) is 1. The first kappa shape index (κ1) is 25.2. The lowest BCUT2D eigenvalue weighted by Crippen LogP contribution is -2.51. The predicted molar refractivity (Wildman–Crippen MR) is 136 cm³/mol. The molecule has 6 heteroatoms. The summed E-state index contributed by atoms with van der Waals surface area (Å²) in [5.41, 5.74) is 1.92. The van der Waals surface area contributed by atoms with Gasteiger partial charge < -0.3 is 15.0 Å². The molecule has 1 fully saturated rings. The molecule has 33 heavy (non-hydrogen) atoms. The van der Waals surface area contributed by atoms with Gasteiger partial charge in [0.1, 0.15) is 11.8 Å². The molecule has 1 heterocycles. The van der Waals surface area contributed by atoms with Crippen LogP contribution in [0.1, 0.15) is 48.5 Å². The van der Waals surface area contributed by atoms with Crippen molar-refractivity contribution in [3.05, 3.63) is 65.7 Å². The molecule has 2 aromatic rings. The molecule has 0 aromatic heterocycles. The maximum absolute atomic E-state index is 13.2. The summed E-state index contributed by atoms with van der Waals surface area (Å²) in [7, 11) is 0. The third kappa shape index (κ3) is 7.81. The Labute approximate surface area is 202 Å². The van der Waals surface area contributed by atoms with Crippen molar-refractivity contribution in [3.8, 4) is 5.75 Å². The number of hydrogen-bond donors (Lipinski definition) is 1. The van der Waals surface area contributed by atoms with Crippen LogP contribution in [0.15, 0.2) is 54.6 Å². The Morgan fingerprint density at radius 2 is 1.79 bits per heavy atom. The minimum Gasteiger partial charge on any atom is -0.494 e. The predicted octanol–water partition coefficient (Wildman–Crippen LogP) is 4.81. The number of rotatable bonds is 11. The van der Waals surface area contributed by atoms with Crippen molar-refractivity contribution in [3.63, 3.8) is 0 Å². The molecule has 2 amide bonds. The van der Waals surface area contributed by atoms with Crippen LogP contribution in [0.25, 0.3) is 0 Å². The number of aryl methyl sites for hydroxylation is 1. The SMILES string of the molecule is CCOc1ccc(CCC2CCN(C(=O)C(CCSC)NC(=O)c3ccccc3)CC2)cc1. The number of thioether (sulfide) groups is 1. The van der Waals surface area contributed by atoms with Gasteiger partial charge in [-0.05, 0) is 86.8 Å². The summed E-state index contributed by atoms with van der Waals surface area (Å²) in [6, 6.07) is 17.0. The van der Waals surface area contributed by atoms with Gasteiger partial charge in [0.15, 0.2) is 0 Å². The van der Waals surface area contributed by atoms with E-state index in [1.54, 1.807) is 23.9 Å². The number of amides is 2. The highest BCUT2D eigenvalue weighted by molar-refractivity contribution is 7.98. The molecule has 0 saturated carbocycles. The van der Waals surface area contributed by atoms with Crippen LogP contribution in [0.5, 0.6) is 5.75 Å². The van der Waals surface area contributed by atoms with Crippen LogP contribution in [0, 0.1) is 5.92 Å². The van der Waals surface area contributed by atoms with E-state index < -0.39 is 6.04 Å². The average molecular weight is 469 g/mol. The van der Waals surface area contributed by atoms with E-state index in [0.717, 1.165) is 50.3 Å². The second-order valence-electron chi connectivity index (χ2n) is 8.56. The van der Waals surface area contributed by atoms with Gasteiger partial charge in [0, 0.05) is 18.7 Å². The van der Waals surface area contributed by atoms with Crippen molar-refractivity contribution < 1.29 is 14.3 Å². The molecule has 1 atom stereocenters. The lowest BCUT2D eigenvalue weighted by Gasteiger charge is -2.34. The molecule has 2 aromatic carbocycles. The van der Waals surface area contributed by atoms with Crippen molar-refractivity contribution in [2.75, 3.05) is 31.7 Å². The Bertz CT molecular complexity index is 865. The summed E-state index contributed by atoms with van der Waals surface area (Å²) in [4.78, 5) is 27.8. The molecule has 5 nitrogen and oxygen atoms in total. The van der Waals surface area contributed by atoms with Crippen molar-refractivity contribution >= 4 is 23.6 Å². The number of ether oxygens (including phenoxy) is 1. The quantitative estimate of drug-likeness (QED) is 0.514. The topological polar surface area (TPSA) is 58.6 Å². The summed E-state index contributed by atoms with van der Waals surface area (Å²) in [6.07, 6.45) is 6.90. The third-order valence-electron chi connectivity index (χ3n) is 6.25. The van der Waals surface area contributed by atoms with Crippen molar-refractivity contribution in [1.29, 1.82) is 0 Å². The van der Waals surface area contributed by atoms with Crippen LogP contribution in [-0.4, -0.2) is 54.5 Å². The van der Waals surface area contributed by atoms with Crippen LogP contribution in [0.4, 0.5) is 0 Å². The summed E-state index contributed by atoms with van der Waals surface area (Å²) in [5.74, 6) is 2.26. The zero-order chi connectivity index (χ0) is 23.5. The van der Waals surface area contributed by atoms with Gasteiger partial charge in [0.2, 0.25) is 5.91 Å². The Morgan fingerprint density at radius 1 is 1.09 bits per heavy atom. The van der Waals surface area contributed by atoms with E-state index in [1.165, 1.54) is 5.56 Å². The smallest absolute Gasteiger partial charge is 0.251 e. The fourth-order valence-electron chi connectivity index (χ4n) is 4.28. The van der Waals surface area contributed by atoms with E-state index in [9.17, 15) is 9.59 Å². The Kier molecular flexibility index (Phi) is 10.1. The Hall–Kier alpha value is -2.47. The van der Waals surface area contributed by atoms with Gasteiger partial charge in [-0.15, -0.1) is 0 Å². The number of likely N-dealkylation sites (tertiary alicyclic amines) is 1. The largest absolute Gasteiger partial charge is 0.494 e. The highest BCUT2D eigenvalue weighted by atomic mass is 32.2. The van der Waals surface area contributed by atoms with Crippen molar-refractivity contribution in [2.24, 2.45) is 5.92 Å². The lowest BCUT2D eigenvalue weighted by molar-refractivity contribution is -0.134. The molecule has 0 radical (unpaired) electrons. The van der Waals surface area contributed by atoms with Crippen LogP contribution in [0.2, 0.25) is 0 Å². The van der Waals surface area contributed by atoms with Crippen LogP contribution < -0.4 is 10.1 Å². The first-order chi connectivity index (χ1) is 16.1. The molecule has 1 aliphatic rings. The van der Waals surface area contributed by atoms with Gasteiger partial charge in [-0.2, -0.15) is 11.8 Å². The molecule has 0 aliphatic carbocycles. The molecule has 0 bridgehead atoms. The number of carbonyl (C=O) groups excluding carboxylic acids is 2. The zero-order valence-corrected chi connectivity index (χ0v) is 20.6. The van der Waals surface area contributed by atoms with Gasteiger partial charge in [-0.25, -0.2) is 0 Å². The second-order valence-corrected chi connectivity index (χ2v) is 9.54. The van der Waals surface area contributed by atoms with Gasteiger partial charge in [0.05, 0.1) is 6.61 Å². The van der Waals surface area contributed by atoms with E-state index in [4.69, 9.17) is 4.74 Å². The fourth-order valence-corrected chi connectivity index (χ4v) is 4.75. The number of nitrogens with zero attached hydrogens (tertiary/aromatic N) is 1. The van der Waals surface area contributed by atoms with Crippen molar-refractivity contribution in [2.45, 2.75) is 45.1 Å². The van der Waals surface area contributed by atoms with E-state index in [2.05, 4.69) is 17.4 Å². The molecule has 1 saturated heterocycles. The van der Waals surface area contributed by atoms with Gasteiger partial charge in [-0.3, -0.25) is 9.59 Å². The van der Waals surface area contributed by atoms with E-state index >= 15 is 0 Å². The normalized spacial score (nSPS) is 15.2. The maximum atomic E-state index is 13.2.